The van der Waals surface area contributed by atoms with Crippen LogP contribution in [-0.4, -0.2) is 29.9 Å². The Hall–Kier alpha value is -5.88. The summed E-state index contributed by atoms with van der Waals surface area (Å²) < 4.78 is 0. The van der Waals surface area contributed by atoms with Gasteiger partial charge in [0.05, 0.1) is 0 Å². The van der Waals surface area contributed by atoms with Crippen LogP contribution in [0, 0.1) is 0 Å². The molecule has 0 bridgehead atoms. The maximum absolute atomic E-state index is 5.10. The van der Waals surface area contributed by atoms with Gasteiger partial charge in [-0.05, 0) is 68.2 Å². The average molecular weight is 765 g/mol. The molecule has 58 heavy (non-hydrogen) atoms. The lowest BCUT2D eigenvalue weighted by atomic mass is 9.86. The molecule has 0 atom stereocenters. The van der Waals surface area contributed by atoms with E-state index < -0.39 is 0 Å². The van der Waals surface area contributed by atoms with Crippen molar-refractivity contribution in [3.05, 3.63) is 144 Å². The monoisotopic (exact) mass is 764 g/mol. The Morgan fingerprint density at radius 1 is 0.241 bits per heavy atom. The highest BCUT2D eigenvalue weighted by molar-refractivity contribution is 5.71. The van der Waals surface area contributed by atoms with Crippen LogP contribution < -0.4 is 0 Å². The first-order valence-corrected chi connectivity index (χ1v) is 20.3. The molecule has 0 aliphatic carbocycles. The molecule has 7 aromatic rings. The van der Waals surface area contributed by atoms with Crippen LogP contribution in [0.15, 0.2) is 121 Å². The fraction of sp³-hybridized carbons (Fsp3) is 0.308. The molecule has 0 aliphatic heterocycles. The number of benzene rings is 5. The third-order valence-corrected chi connectivity index (χ3v) is 10.6. The van der Waals surface area contributed by atoms with Crippen molar-refractivity contribution in [3.8, 4) is 68.3 Å². The Morgan fingerprint density at radius 2 is 0.431 bits per heavy atom. The van der Waals surface area contributed by atoms with Crippen molar-refractivity contribution in [2.75, 3.05) is 0 Å². The normalized spacial score (nSPS) is 12.5. The van der Waals surface area contributed by atoms with E-state index in [1.165, 1.54) is 22.3 Å². The summed E-state index contributed by atoms with van der Waals surface area (Å²) in [6, 6.07) is 42.3. The zero-order chi connectivity index (χ0) is 41.6. The number of hydrogen-bond acceptors (Lipinski definition) is 6. The third kappa shape index (κ3) is 8.97. The first-order valence-electron chi connectivity index (χ1n) is 20.3. The predicted molar refractivity (Wildman–Crippen MR) is 241 cm³/mol. The molecule has 7 rings (SSSR count). The predicted octanol–water partition coefficient (Wildman–Crippen LogP) is 13.2. The van der Waals surface area contributed by atoms with E-state index in [-0.39, 0.29) is 21.7 Å². The van der Waals surface area contributed by atoms with Crippen LogP contribution in [0.3, 0.4) is 0 Å². The fourth-order valence-electron chi connectivity index (χ4n) is 6.79. The summed E-state index contributed by atoms with van der Waals surface area (Å²) >= 11 is 0. The molecular weight excluding hydrogens is 709 g/mol. The van der Waals surface area contributed by atoms with Gasteiger partial charge >= 0.3 is 0 Å². The summed E-state index contributed by atoms with van der Waals surface area (Å²) in [7, 11) is 0. The number of rotatable bonds is 6. The van der Waals surface area contributed by atoms with Crippen molar-refractivity contribution in [3.63, 3.8) is 0 Å². The van der Waals surface area contributed by atoms with Crippen LogP contribution >= 0.6 is 0 Å². The van der Waals surface area contributed by atoms with Crippen molar-refractivity contribution in [2.45, 2.75) is 105 Å². The molecule has 0 spiro atoms. The molecule has 2 aromatic heterocycles. The quantitative estimate of drug-likeness (QED) is 0.168. The van der Waals surface area contributed by atoms with Crippen molar-refractivity contribution >= 4 is 0 Å². The summed E-state index contributed by atoms with van der Waals surface area (Å²) in [5.74, 6) is 3.75. The summed E-state index contributed by atoms with van der Waals surface area (Å²) in [5, 5.41) is 0. The molecule has 5 aromatic carbocycles. The van der Waals surface area contributed by atoms with Gasteiger partial charge in [0.25, 0.3) is 0 Å². The molecule has 0 saturated heterocycles. The minimum absolute atomic E-state index is 0.0227. The zero-order valence-corrected chi connectivity index (χ0v) is 36.2. The minimum Gasteiger partial charge on any atom is -0.208 e. The lowest BCUT2D eigenvalue weighted by Gasteiger charge is -2.20. The second-order valence-corrected chi connectivity index (χ2v) is 19.5. The second-order valence-electron chi connectivity index (χ2n) is 19.5. The lowest BCUT2D eigenvalue weighted by Crippen LogP contribution is -2.11. The van der Waals surface area contributed by atoms with E-state index in [9.17, 15) is 0 Å². The van der Waals surface area contributed by atoms with Gasteiger partial charge in [-0.1, -0.05) is 180 Å². The van der Waals surface area contributed by atoms with E-state index in [0.717, 1.165) is 33.4 Å². The maximum atomic E-state index is 5.10. The Bertz CT molecular complexity index is 2260. The maximum Gasteiger partial charge on any atom is 0.164 e. The zero-order valence-electron chi connectivity index (χ0n) is 36.2. The van der Waals surface area contributed by atoms with Crippen LogP contribution in [0.5, 0.6) is 0 Å². The molecule has 0 fully saturated rings. The molecule has 0 saturated carbocycles. The van der Waals surface area contributed by atoms with Crippen molar-refractivity contribution in [1.82, 2.24) is 29.9 Å². The highest BCUT2D eigenvalue weighted by Crippen LogP contribution is 2.34. The molecule has 0 radical (unpaired) electrons. The standard InChI is InChI=1S/C52H56N6/c1-49(2,3)39-21-13-17-35(29-39)45-53-43(54-46(57-45)36-18-14-22-40(30-36)50(4,5)6)33-25-27-34(28-26-33)44-55-47(37-19-15-23-41(31-37)51(7,8)9)58-48(56-44)38-20-16-24-42(32-38)52(10,11)12/h13-32H,1-12H3. The van der Waals surface area contributed by atoms with E-state index in [2.05, 4.69) is 204 Å². The van der Waals surface area contributed by atoms with E-state index >= 15 is 0 Å². The highest BCUT2D eigenvalue weighted by atomic mass is 15.0. The van der Waals surface area contributed by atoms with Crippen molar-refractivity contribution < 1.29 is 0 Å². The molecule has 294 valence electrons. The second kappa shape index (κ2) is 15.1. The lowest BCUT2D eigenvalue weighted by molar-refractivity contribution is 0.590. The Kier molecular flexibility index (Phi) is 10.5. The molecule has 6 heteroatoms. The van der Waals surface area contributed by atoms with Crippen molar-refractivity contribution in [2.24, 2.45) is 0 Å². The summed E-state index contributed by atoms with van der Waals surface area (Å²) in [6.07, 6.45) is 0. The topological polar surface area (TPSA) is 77.3 Å². The molecule has 0 unspecified atom stereocenters. The molecule has 0 aliphatic rings. The molecular formula is C52H56N6. The molecule has 0 amide bonds. The van der Waals surface area contributed by atoms with Crippen LogP contribution in [0.25, 0.3) is 68.3 Å². The molecule has 2 heterocycles. The largest absolute Gasteiger partial charge is 0.208 e. The van der Waals surface area contributed by atoms with Gasteiger partial charge in [-0.15, -0.1) is 0 Å². The fourth-order valence-corrected chi connectivity index (χ4v) is 6.79. The van der Waals surface area contributed by atoms with Gasteiger partial charge < -0.3 is 0 Å². The first kappa shape index (κ1) is 40.3. The Balaban J connectivity index is 1.35. The van der Waals surface area contributed by atoms with Gasteiger partial charge in [0.2, 0.25) is 0 Å². The summed E-state index contributed by atoms with van der Waals surface area (Å²) in [5.41, 5.74) is 10.4. The van der Waals surface area contributed by atoms with Gasteiger partial charge in [0, 0.05) is 33.4 Å². The van der Waals surface area contributed by atoms with Gasteiger partial charge in [-0.3, -0.25) is 0 Å². The average Bonchev–Trinajstić information content (AvgIpc) is 3.19. The number of hydrogen-bond donors (Lipinski definition) is 0. The number of aromatic nitrogens is 6. The van der Waals surface area contributed by atoms with Crippen LogP contribution in [0.2, 0.25) is 0 Å². The highest BCUT2D eigenvalue weighted by Gasteiger charge is 2.21. The summed E-state index contributed by atoms with van der Waals surface area (Å²) in [4.78, 5) is 30.5. The van der Waals surface area contributed by atoms with Crippen LogP contribution in [0.4, 0.5) is 0 Å². The van der Waals surface area contributed by atoms with Gasteiger partial charge in [-0.2, -0.15) is 0 Å². The van der Waals surface area contributed by atoms with E-state index in [1.807, 2.05) is 0 Å². The SMILES string of the molecule is CC(C)(C)c1cccc(-c2nc(-c3ccc(-c4nc(-c5cccc(C(C)(C)C)c5)nc(-c5cccc(C(C)(C)C)c5)n4)cc3)nc(-c3cccc(C(C)(C)C)c3)n2)c1. The van der Waals surface area contributed by atoms with Crippen molar-refractivity contribution in [1.29, 1.82) is 0 Å². The summed E-state index contributed by atoms with van der Waals surface area (Å²) in [6.45, 7) is 26.7. The Labute approximate surface area is 345 Å². The van der Waals surface area contributed by atoms with E-state index in [0.29, 0.717) is 34.9 Å². The minimum atomic E-state index is -0.0227. The van der Waals surface area contributed by atoms with Gasteiger partial charge in [-0.25, -0.2) is 29.9 Å². The molecule has 0 N–H and O–H groups in total. The van der Waals surface area contributed by atoms with Crippen LogP contribution in [0.1, 0.15) is 105 Å². The smallest absolute Gasteiger partial charge is 0.164 e. The van der Waals surface area contributed by atoms with Gasteiger partial charge in [0.15, 0.2) is 34.9 Å². The van der Waals surface area contributed by atoms with E-state index in [4.69, 9.17) is 29.9 Å². The third-order valence-electron chi connectivity index (χ3n) is 10.6. The first-order chi connectivity index (χ1) is 27.2. The number of nitrogens with zero attached hydrogens (tertiary/aromatic N) is 6. The Morgan fingerprint density at radius 3 is 0.621 bits per heavy atom. The van der Waals surface area contributed by atoms with Gasteiger partial charge in [0.1, 0.15) is 0 Å². The van der Waals surface area contributed by atoms with E-state index in [1.54, 1.807) is 0 Å². The molecule has 6 nitrogen and oxygen atoms in total. The van der Waals surface area contributed by atoms with Crippen LogP contribution in [-0.2, 0) is 21.7 Å².